The maximum Gasteiger partial charge on any atom is 0.335 e. The van der Waals surface area contributed by atoms with Crippen molar-refractivity contribution >= 4 is 5.97 Å². The normalized spacial score (nSPS) is 12.1. The van der Waals surface area contributed by atoms with Gasteiger partial charge in [0.1, 0.15) is 5.75 Å². The van der Waals surface area contributed by atoms with Crippen LogP contribution in [0.15, 0.2) is 36.4 Å². The SMILES string of the molecule is C=C(C)C(=O)OC(O)CCOc1ccc(C(C)C)cc1. The fourth-order valence-corrected chi connectivity index (χ4v) is 1.51. The Hall–Kier alpha value is -1.81. The van der Waals surface area contributed by atoms with Crippen LogP contribution in [0.2, 0.25) is 0 Å². The smallest absolute Gasteiger partial charge is 0.335 e. The number of aliphatic hydroxyl groups excluding tert-OH is 1. The highest BCUT2D eigenvalue weighted by Crippen LogP contribution is 2.18. The summed E-state index contributed by atoms with van der Waals surface area (Å²) in [6, 6.07) is 7.80. The minimum Gasteiger partial charge on any atom is -0.493 e. The number of carbonyl (C=O) groups is 1. The average molecular weight is 278 g/mol. The predicted octanol–water partition coefficient (Wildman–Crippen LogP) is 3.02. The maximum absolute atomic E-state index is 11.2. The van der Waals surface area contributed by atoms with Crippen molar-refractivity contribution in [2.45, 2.75) is 39.4 Å². The lowest BCUT2D eigenvalue weighted by Crippen LogP contribution is -2.20. The van der Waals surface area contributed by atoms with Crippen LogP contribution in [-0.4, -0.2) is 24.0 Å². The molecule has 4 nitrogen and oxygen atoms in total. The summed E-state index contributed by atoms with van der Waals surface area (Å²) in [5, 5.41) is 9.50. The second kappa shape index (κ2) is 7.70. The monoisotopic (exact) mass is 278 g/mol. The third-order valence-corrected chi connectivity index (χ3v) is 2.77. The van der Waals surface area contributed by atoms with Gasteiger partial charge in [-0.05, 0) is 30.5 Å². The molecule has 1 aromatic rings. The molecular formula is C16H22O4. The zero-order valence-corrected chi connectivity index (χ0v) is 12.3. The van der Waals surface area contributed by atoms with E-state index < -0.39 is 12.3 Å². The van der Waals surface area contributed by atoms with Gasteiger partial charge >= 0.3 is 5.97 Å². The number of hydrogen-bond donors (Lipinski definition) is 1. The van der Waals surface area contributed by atoms with Crippen LogP contribution in [0.5, 0.6) is 5.75 Å². The third-order valence-electron chi connectivity index (χ3n) is 2.77. The molecule has 20 heavy (non-hydrogen) atoms. The summed E-state index contributed by atoms with van der Waals surface area (Å²) in [5.74, 6) is 0.610. The molecule has 0 saturated heterocycles. The van der Waals surface area contributed by atoms with E-state index >= 15 is 0 Å². The van der Waals surface area contributed by atoms with E-state index in [9.17, 15) is 9.90 Å². The summed E-state index contributed by atoms with van der Waals surface area (Å²) in [6.45, 7) is 9.49. The molecule has 0 fully saturated rings. The van der Waals surface area contributed by atoms with E-state index in [4.69, 9.17) is 9.47 Å². The number of aliphatic hydroxyl groups is 1. The first kappa shape index (κ1) is 16.2. The summed E-state index contributed by atoms with van der Waals surface area (Å²) >= 11 is 0. The van der Waals surface area contributed by atoms with Crippen LogP contribution in [0, 0.1) is 0 Å². The molecule has 110 valence electrons. The summed E-state index contributed by atoms with van der Waals surface area (Å²) in [7, 11) is 0. The molecule has 0 radical (unpaired) electrons. The molecule has 0 amide bonds. The zero-order chi connectivity index (χ0) is 15.1. The highest BCUT2D eigenvalue weighted by atomic mass is 16.6. The first-order chi connectivity index (χ1) is 9.40. The number of ether oxygens (including phenoxy) is 2. The molecular weight excluding hydrogens is 256 g/mol. The molecule has 1 aromatic carbocycles. The van der Waals surface area contributed by atoms with Gasteiger partial charge in [-0.2, -0.15) is 0 Å². The van der Waals surface area contributed by atoms with Gasteiger partial charge in [-0.25, -0.2) is 4.79 Å². The lowest BCUT2D eigenvalue weighted by molar-refractivity contribution is -0.164. The van der Waals surface area contributed by atoms with Gasteiger partial charge in [-0.1, -0.05) is 32.6 Å². The van der Waals surface area contributed by atoms with Crippen LogP contribution >= 0.6 is 0 Å². The van der Waals surface area contributed by atoms with E-state index in [1.807, 2.05) is 24.3 Å². The molecule has 0 saturated carbocycles. The van der Waals surface area contributed by atoms with E-state index in [0.717, 1.165) is 5.75 Å². The molecule has 0 aliphatic rings. The summed E-state index contributed by atoms with van der Waals surface area (Å²) in [5.41, 5.74) is 1.50. The molecule has 0 aromatic heterocycles. The molecule has 0 heterocycles. The molecule has 0 bridgehead atoms. The van der Waals surface area contributed by atoms with Crippen molar-refractivity contribution < 1.29 is 19.4 Å². The topological polar surface area (TPSA) is 55.8 Å². The predicted molar refractivity (Wildman–Crippen MR) is 77.6 cm³/mol. The molecule has 1 rings (SSSR count). The van der Waals surface area contributed by atoms with Gasteiger partial charge < -0.3 is 14.6 Å². The first-order valence-electron chi connectivity index (χ1n) is 6.67. The molecule has 0 spiro atoms. The maximum atomic E-state index is 11.2. The molecule has 1 atom stereocenters. The lowest BCUT2D eigenvalue weighted by atomic mass is 10.0. The van der Waals surface area contributed by atoms with Gasteiger partial charge in [-0.3, -0.25) is 0 Å². The van der Waals surface area contributed by atoms with Gasteiger partial charge in [0.25, 0.3) is 0 Å². The van der Waals surface area contributed by atoms with Crippen LogP contribution in [0.1, 0.15) is 38.7 Å². The van der Waals surface area contributed by atoms with E-state index in [2.05, 4.69) is 20.4 Å². The molecule has 4 heteroatoms. The number of rotatable bonds is 7. The minimum absolute atomic E-state index is 0.213. The minimum atomic E-state index is -1.17. The molecule has 0 aliphatic carbocycles. The summed E-state index contributed by atoms with van der Waals surface area (Å²) < 4.78 is 10.2. The Morgan fingerprint density at radius 3 is 2.40 bits per heavy atom. The molecule has 1 N–H and O–H groups in total. The standard InChI is InChI=1S/C16H22O4/c1-11(2)13-5-7-14(8-6-13)19-10-9-15(17)20-16(18)12(3)4/h5-8,11,15,17H,3,9-10H2,1-2,4H3. The lowest BCUT2D eigenvalue weighted by Gasteiger charge is -2.13. The van der Waals surface area contributed by atoms with Gasteiger partial charge in [0, 0.05) is 12.0 Å². The average Bonchev–Trinajstić information content (AvgIpc) is 2.39. The quantitative estimate of drug-likeness (QED) is 0.473. The largest absolute Gasteiger partial charge is 0.493 e. The number of benzene rings is 1. The number of carbonyl (C=O) groups excluding carboxylic acids is 1. The van der Waals surface area contributed by atoms with Crippen LogP contribution < -0.4 is 4.74 Å². The van der Waals surface area contributed by atoms with E-state index in [1.54, 1.807) is 0 Å². The van der Waals surface area contributed by atoms with Crippen molar-refractivity contribution in [2.75, 3.05) is 6.61 Å². The van der Waals surface area contributed by atoms with Gasteiger partial charge in [-0.15, -0.1) is 0 Å². The fraction of sp³-hybridized carbons (Fsp3) is 0.438. The summed E-state index contributed by atoms with van der Waals surface area (Å²) in [4.78, 5) is 11.2. The third kappa shape index (κ3) is 5.45. The zero-order valence-electron chi connectivity index (χ0n) is 12.3. The van der Waals surface area contributed by atoms with Gasteiger partial charge in [0.05, 0.1) is 6.61 Å². The number of esters is 1. The Morgan fingerprint density at radius 2 is 1.90 bits per heavy atom. The van der Waals surface area contributed by atoms with E-state index in [1.165, 1.54) is 12.5 Å². The second-order valence-corrected chi connectivity index (χ2v) is 5.00. The first-order valence-corrected chi connectivity index (χ1v) is 6.67. The van der Waals surface area contributed by atoms with Crippen molar-refractivity contribution in [2.24, 2.45) is 0 Å². The van der Waals surface area contributed by atoms with Crippen LogP contribution in [0.4, 0.5) is 0 Å². The van der Waals surface area contributed by atoms with Crippen molar-refractivity contribution in [3.63, 3.8) is 0 Å². The molecule has 1 unspecified atom stereocenters. The Morgan fingerprint density at radius 1 is 1.30 bits per heavy atom. The van der Waals surface area contributed by atoms with Crippen LogP contribution in [-0.2, 0) is 9.53 Å². The fourth-order valence-electron chi connectivity index (χ4n) is 1.51. The molecule has 0 aliphatic heterocycles. The van der Waals surface area contributed by atoms with Crippen molar-refractivity contribution in [1.29, 1.82) is 0 Å². The van der Waals surface area contributed by atoms with Gasteiger partial charge in [0.2, 0.25) is 6.29 Å². The van der Waals surface area contributed by atoms with Crippen molar-refractivity contribution in [3.8, 4) is 5.75 Å². The Labute approximate surface area is 120 Å². The van der Waals surface area contributed by atoms with Crippen LogP contribution in [0.3, 0.4) is 0 Å². The second-order valence-electron chi connectivity index (χ2n) is 5.00. The number of hydrogen-bond acceptors (Lipinski definition) is 4. The van der Waals surface area contributed by atoms with Gasteiger partial charge in [0.15, 0.2) is 0 Å². The Balaban J connectivity index is 2.33. The Bertz CT molecular complexity index is 448. The van der Waals surface area contributed by atoms with E-state index in [-0.39, 0.29) is 18.6 Å². The highest BCUT2D eigenvalue weighted by molar-refractivity contribution is 5.86. The highest BCUT2D eigenvalue weighted by Gasteiger charge is 2.11. The van der Waals surface area contributed by atoms with E-state index in [0.29, 0.717) is 5.92 Å². The van der Waals surface area contributed by atoms with Crippen molar-refractivity contribution in [1.82, 2.24) is 0 Å². The van der Waals surface area contributed by atoms with Crippen LogP contribution in [0.25, 0.3) is 0 Å². The Kier molecular flexibility index (Phi) is 6.25. The van der Waals surface area contributed by atoms with Crippen molar-refractivity contribution in [3.05, 3.63) is 42.0 Å². The summed E-state index contributed by atoms with van der Waals surface area (Å²) in [6.07, 6.45) is -0.959.